The average molecular weight is 955 g/mol. The average Bonchev–Trinajstić information content (AvgIpc) is 3.30. The van der Waals surface area contributed by atoms with Crippen molar-refractivity contribution in [1.82, 2.24) is 0 Å². The van der Waals surface area contributed by atoms with Crippen LogP contribution in [0, 0.1) is 0 Å². The molecule has 0 aliphatic carbocycles. The van der Waals surface area contributed by atoms with E-state index in [1.54, 1.807) is 0 Å². The Bertz CT molecular complexity index is 1480. The number of ether oxygens (including phenoxy) is 16. The van der Waals surface area contributed by atoms with Crippen LogP contribution in [0.1, 0.15) is 0 Å². The normalized spacial score (nSPS) is 47.3. The van der Waals surface area contributed by atoms with Crippen molar-refractivity contribution in [2.45, 2.75) is 154 Å². The molecule has 5 aliphatic rings. The second kappa shape index (κ2) is 24.0. The van der Waals surface area contributed by atoms with Gasteiger partial charge in [-0.3, -0.25) is 0 Å². The van der Waals surface area contributed by atoms with Gasteiger partial charge in [0.25, 0.3) is 0 Å². The van der Waals surface area contributed by atoms with Gasteiger partial charge in [0.05, 0.1) is 19.8 Å². The zero-order valence-electron chi connectivity index (χ0n) is 36.4. The van der Waals surface area contributed by atoms with Gasteiger partial charge in [-0.05, 0) is 0 Å². The molecule has 65 heavy (non-hydrogen) atoms. The van der Waals surface area contributed by atoms with Crippen molar-refractivity contribution in [2.75, 3.05) is 69.6 Å². The topological polar surface area (TPSA) is 384 Å². The van der Waals surface area contributed by atoms with Crippen LogP contribution in [-0.2, 0) is 85.4 Å². The molecule has 0 saturated carbocycles. The van der Waals surface area contributed by atoms with E-state index in [1.165, 1.54) is 35.5 Å². The van der Waals surface area contributed by atoms with E-state index in [2.05, 4.69) is 0 Å². The van der Waals surface area contributed by atoms with E-state index in [4.69, 9.17) is 75.8 Å². The number of carbonyl (C=O) groups is 2. The molecule has 28 nitrogen and oxygen atoms in total. The highest BCUT2D eigenvalue weighted by molar-refractivity contribution is 5.74. The van der Waals surface area contributed by atoms with E-state index in [1.807, 2.05) is 0 Å². The maximum atomic E-state index is 12.8. The third kappa shape index (κ3) is 11.1. The fraction of sp³-hybridized carbons (Fsp3) is 0.946. The number of carboxylic acids is 2. The van der Waals surface area contributed by atoms with Crippen LogP contribution >= 0.6 is 0 Å². The van der Waals surface area contributed by atoms with Gasteiger partial charge >= 0.3 is 11.9 Å². The molecule has 0 aromatic carbocycles. The summed E-state index contributed by atoms with van der Waals surface area (Å²) in [6, 6.07) is 0. The largest absolute Gasteiger partial charge is 0.479 e. The minimum absolute atomic E-state index is 0.545. The Hall–Kier alpha value is -2.02. The van der Waals surface area contributed by atoms with Crippen LogP contribution in [0.3, 0.4) is 0 Å². The highest BCUT2D eigenvalue weighted by atomic mass is 16.8. The molecule has 25 atom stereocenters. The number of aliphatic hydroxyl groups excluding tert-OH is 8. The van der Waals surface area contributed by atoms with E-state index in [-0.39, 0.29) is 0 Å². The molecule has 0 spiro atoms. The molecule has 5 aliphatic heterocycles. The minimum Gasteiger partial charge on any atom is -0.479 e. The number of carboxylic acid groups (broad SMARTS) is 2. The maximum Gasteiger partial charge on any atom is 0.335 e. The molecule has 378 valence electrons. The molecule has 5 saturated heterocycles. The SMILES string of the molecule is COC1C(CO)OC(OC2C(C(=O)O)OC(OC3C(CO)OC(OC4C(C(=O)O)OC(OC5C(CO)OC(O)C(O)C5O)C(OC)C4OC)C(O)C3O)C(OC)C2OC)C(OC)C1OC. The summed E-state index contributed by atoms with van der Waals surface area (Å²) in [7, 11) is 8.77. The number of aliphatic hydroxyl groups is 8. The Morgan fingerprint density at radius 2 is 0.677 bits per heavy atom. The molecule has 0 amide bonds. The van der Waals surface area contributed by atoms with Crippen molar-refractivity contribution < 1.29 is 136 Å². The summed E-state index contributed by atoms with van der Waals surface area (Å²) in [6.07, 6.45) is -39.7. The number of methoxy groups -OCH3 is 7. The third-order valence-corrected chi connectivity index (χ3v) is 12.0. The molecule has 5 rings (SSSR count). The lowest BCUT2D eigenvalue weighted by atomic mass is 9.94. The van der Waals surface area contributed by atoms with E-state index >= 15 is 0 Å². The van der Waals surface area contributed by atoms with Crippen molar-refractivity contribution in [1.29, 1.82) is 0 Å². The molecule has 0 aromatic rings. The van der Waals surface area contributed by atoms with E-state index in [0.717, 1.165) is 14.2 Å². The fourth-order valence-corrected chi connectivity index (χ4v) is 8.69. The quantitative estimate of drug-likeness (QED) is 0.0542. The Morgan fingerprint density at radius 3 is 1.06 bits per heavy atom. The van der Waals surface area contributed by atoms with E-state index < -0.39 is 185 Å². The van der Waals surface area contributed by atoms with Crippen LogP contribution in [0.2, 0.25) is 0 Å². The molecule has 10 N–H and O–H groups in total. The monoisotopic (exact) mass is 954 g/mol. The Morgan fingerprint density at radius 1 is 0.369 bits per heavy atom. The van der Waals surface area contributed by atoms with Gasteiger partial charge in [0.2, 0.25) is 0 Å². The van der Waals surface area contributed by atoms with Crippen LogP contribution in [0.4, 0.5) is 0 Å². The second-order valence-electron chi connectivity index (χ2n) is 15.5. The first kappa shape index (κ1) is 53.9. The predicted octanol–water partition coefficient (Wildman–Crippen LogP) is -7.16. The molecular weight excluding hydrogens is 892 g/mol. The third-order valence-electron chi connectivity index (χ3n) is 12.0. The lowest BCUT2D eigenvalue weighted by Gasteiger charge is -2.50. The zero-order valence-corrected chi connectivity index (χ0v) is 36.4. The smallest absolute Gasteiger partial charge is 0.335 e. The zero-order chi connectivity index (χ0) is 48.0. The van der Waals surface area contributed by atoms with Gasteiger partial charge in [0.15, 0.2) is 43.7 Å². The van der Waals surface area contributed by atoms with E-state index in [0.29, 0.717) is 0 Å². The van der Waals surface area contributed by atoms with Crippen LogP contribution in [0.15, 0.2) is 0 Å². The Balaban J connectivity index is 1.34. The van der Waals surface area contributed by atoms with E-state index in [9.17, 15) is 60.7 Å². The van der Waals surface area contributed by atoms with Gasteiger partial charge in [-0.25, -0.2) is 9.59 Å². The predicted molar refractivity (Wildman–Crippen MR) is 201 cm³/mol. The van der Waals surface area contributed by atoms with Crippen LogP contribution in [-0.4, -0.2) is 286 Å². The fourth-order valence-electron chi connectivity index (χ4n) is 8.69. The van der Waals surface area contributed by atoms with Gasteiger partial charge in [-0.1, -0.05) is 0 Å². The molecule has 25 unspecified atom stereocenters. The van der Waals surface area contributed by atoms with Crippen LogP contribution in [0.25, 0.3) is 0 Å². The first-order valence-electron chi connectivity index (χ1n) is 20.3. The summed E-state index contributed by atoms with van der Waals surface area (Å²) in [5, 5.41) is 105. The van der Waals surface area contributed by atoms with Crippen molar-refractivity contribution in [3.8, 4) is 0 Å². The summed E-state index contributed by atoms with van der Waals surface area (Å²) >= 11 is 0. The van der Waals surface area contributed by atoms with Gasteiger partial charge in [0, 0.05) is 49.8 Å². The minimum atomic E-state index is -2.11. The van der Waals surface area contributed by atoms with Gasteiger partial charge in [-0.2, -0.15) is 0 Å². The van der Waals surface area contributed by atoms with Crippen LogP contribution in [0.5, 0.6) is 0 Å². The summed E-state index contributed by atoms with van der Waals surface area (Å²) in [5.41, 5.74) is 0. The second-order valence-corrected chi connectivity index (χ2v) is 15.5. The number of hydrogen-bond acceptors (Lipinski definition) is 26. The summed E-state index contributed by atoms with van der Waals surface area (Å²) in [4.78, 5) is 25.5. The van der Waals surface area contributed by atoms with Crippen LogP contribution < -0.4 is 0 Å². The molecule has 0 aromatic heterocycles. The Labute approximate surface area is 371 Å². The van der Waals surface area contributed by atoms with Crippen molar-refractivity contribution in [3.05, 3.63) is 0 Å². The number of aliphatic carboxylic acids is 2. The molecule has 0 radical (unpaired) electrons. The first-order valence-corrected chi connectivity index (χ1v) is 20.3. The maximum absolute atomic E-state index is 12.8. The highest BCUT2D eigenvalue weighted by Gasteiger charge is 2.59. The van der Waals surface area contributed by atoms with Gasteiger partial charge < -0.3 is 127 Å². The van der Waals surface area contributed by atoms with Crippen molar-refractivity contribution >= 4 is 11.9 Å². The number of rotatable bonds is 20. The van der Waals surface area contributed by atoms with Gasteiger partial charge in [0.1, 0.15) is 110 Å². The van der Waals surface area contributed by atoms with Crippen molar-refractivity contribution in [2.24, 2.45) is 0 Å². The molecule has 0 bridgehead atoms. The standard InChI is InChI=1S/C37H62O28/c1-50-20-13(10-40)59-35(28(54-5)21(20)51-2)63-25-23(53-4)30(56-7)37(65-27(25)32(47)48)61-19-12(9-39)58-34(17(44)15(19)42)62-24-22(52-3)29(55-6)36(64-26(24)31(45)46)60-18-11(8-38)57-33(49)16(43)14(18)41/h11-30,33-44,49H,8-10H2,1-7H3,(H,45,46)(H,47,48). The molecule has 28 heteroatoms. The molecule has 5 fully saturated rings. The summed E-state index contributed by atoms with van der Waals surface area (Å²) in [6.45, 7) is -2.31. The Kier molecular flexibility index (Phi) is 19.9. The number of hydrogen-bond donors (Lipinski definition) is 10. The van der Waals surface area contributed by atoms with Gasteiger partial charge in [-0.15, -0.1) is 0 Å². The van der Waals surface area contributed by atoms with Crippen molar-refractivity contribution in [3.63, 3.8) is 0 Å². The first-order chi connectivity index (χ1) is 31.0. The lowest BCUT2D eigenvalue weighted by Crippen LogP contribution is -2.69. The summed E-state index contributed by atoms with van der Waals surface area (Å²) in [5.74, 6) is -3.26. The molecule has 5 heterocycles. The lowest BCUT2D eigenvalue weighted by molar-refractivity contribution is -0.391. The highest BCUT2D eigenvalue weighted by Crippen LogP contribution is 2.38. The molecular formula is C37H62O28. The summed E-state index contributed by atoms with van der Waals surface area (Å²) < 4.78 is 91.4.